The fourth-order valence-corrected chi connectivity index (χ4v) is 1.86. The van der Waals surface area contributed by atoms with Crippen LogP contribution in [-0.2, 0) is 0 Å². The molecule has 0 saturated carbocycles. The minimum atomic E-state index is -0.920. The lowest BCUT2D eigenvalue weighted by atomic mass is 10.1. The van der Waals surface area contributed by atoms with E-state index in [0.717, 1.165) is 6.07 Å². The van der Waals surface area contributed by atoms with E-state index < -0.39 is 10.8 Å². The number of carbonyl (C=O) groups is 1. The van der Waals surface area contributed by atoms with Crippen LogP contribution >= 0.6 is 22.6 Å². The van der Waals surface area contributed by atoms with E-state index in [4.69, 9.17) is 11.0 Å². The van der Waals surface area contributed by atoms with Crippen molar-refractivity contribution in [2.45, 2.75) is 0 Å². The third kappa shape index (κ3) is 2.21. The van der Waals surface area contributed by atoms with Gasteiger partial charge in [-0.15, -0.1) is 0 Å². The first kappa shape index (κ1) is 11.4. The molecule has 0 unspecified atom stereocenters. The molecule has 1 aromatic carbocycles. The van der Waals surface area contributed by atoms with E-state index in [1.807, 2.05) is 0 Å². The Morgan fingerprint density at radius 1 is 1.60 bits per heavy atom. The number of hydrogen-bond acceptors (Lipinski definition) is 4. The third-order valence-corrected chi connectivity index (χ3v) is 2.46. The molecule has 7 heteroatoms. The van der Waals surface area contributed by atoms with Crippen molar-refractivity contribution in [3.63, 3.8) is 0 Å². The highest BCUT2D eigenvalue weighted by Crippen LogP contribution is 2.26. The van der Waals surface area contributed by atoms with Crippen molar-refractivity contribution in [1.29, 1.82) is 5.26 Å². The fourth-order valence-electron chi connectivity index (χ4n) is 1.04. The predicted octanol–water partition coefficient (Wildman–Crippen LogP) is 1.17. The van der Waals surface area contributed by atoms with Crippen LogP contribution in [0.1, 0.15) is 15.9 Å². The highest BCUT2D eigenvalue weighted by Gasteiger charge is 2.23. The molecule has 15 heavy (non-hydrogen) atoms. The molecule has 0 aliphatic carbocycles. The second-order valence-electron chi connectivity index (χ2n) is 2.59. The summed E-state index contributed by atoms with van der Waals surface area (Å²) in [7, 11) is 0. The van der Waals surface area contributed by atoms with E-state index in [1.54, 1.807) is 28.7 Å². The summed E-state index contributed by atoms with van der Waals surface area (Å²) >= 11 is 1.68. The van der Waals surface area contributed by atoms with Crippen LogP contribution in [0.25, 0.3) is 0 Å². The van der Waals surface area contributed by atoms with Crippen LogP contribution in [0, 0.1) is 25.0 Å². The van der Waals surface area contributed by atoms with Gasteiger partial charge in [-0.25, -0.2) is 0 Å². The van der Waals surface area contributed by atoms with Crippen molar-refractivity contribution >= 4 is 34.2 Å². The summed E-state index contributed by atoms with van der Waals surface area (Å²) in [6.45, 7) is 0. The van der Waals surface area contributed by atoms with E-state index in [2.05, 4.69) is 0 Å². The number of carbonyl (C=O) groups excluding carboxylic acids is 1. The SMILES string of the molecule is N#Cc1cc(I)c([N+](=O)[O-])c(C(N)=O)c1. The molecular weight excluding hydrogens is 313 g/mol. The number of nitriles is 1. The number of nitro benzene ring substituents is 1. The Morgan fingerprint density at radius 3 is 2.60 bits per heavy atom. The lowest BCUT2D eigenvalue weighted by Crippen LogP contribution is -2.14. The number of rotatable bonds is 2. The molecule has 0 spiro atoms. The second-order valence-corrected chi connectivity index (χ2v) is 3.75. The summed E-state index contributed by atoms with van der Waals surface area (Å²) in [6, 6.07) is 4.23. The van der Waals surface area contributed by atoms with Gasteiger partial charge in [-0.3, -0.25) is 14.9 Å². The number of nitrogens with zero attached hydrogens (tertiary/aromatic N) is 2. The van der Waals surface area contributed by atoms with Gasteiger partial charge < -0.3 is 5.73 Å². The Balaban J connectivity index is 3.58. The highest BCUT2D eigenvalue weighted by molar-refractivity contribution is 14.1. The lowest BCUT2D eigenvalue weighted by molar-refractivity contribution is -0.386. The maximum Gasteiger partial charge on any atom is 0.295 e. The minimum Gasteiger partial charge on any atom is -0.365 e. The third-order valence-electron chi connectivity index (χ3n) is 1.64. The van der Waals surface area contributed by atoms with Crippen molar-refractivity contribution in [3.05, 3.63) is 36.9 Å². The van der Waals surface area contributed by atoms with Gasteiger partial charge in [0.2, 0.25) is 0 Å². The smallest absolute Gasteiger partial charge is 0.295 e. The molecule has 1 amide bonds. The minimum absolute atomic E-state index is 0.166. The molecule has 2 N–H and O–H groups in total. The Bertz CT molecular complexity index is 493. The van der Waals surface area contributed by atoms with E-state index in [1.165, 1.54) is 6.07 Å². The molecule has 0 aliphatic heterocycles. The summed E-state index contributed by atoms with van der Waals surface area (Å²) in [6.07, 6.45) is 0. The quantitative estimate of drug-likeness (QED) is 0.501. The molecule has 0 fully saturated rings. The Hall–Kier alpha value is -1.69. The highest BCUT2D eigenvalue weighted by atomic mass is 127. The Labute approximate surface area is 98.0 Å². The molecule has 0 atom stereocenters. The van der Waals surface area contributed by atoms with Crippen molar-refractivity contribution in [2.24, 2.45) is 5.73 Å². The summed E-state index contributed by atoms with van der Waals surface area (Å²) in [4.78, 5) is 20.9. The van der Waals surface area contributed by atoms with Crippen molar-refractivity contribution in [3.8, 4) is 6.07 Å². The molecule has 0 bridgehead atoms. The zero-order chi connectivity index (χ0) is 11.6. The molecule has 1 aromatic rings. The average Bonchev–Trinajstić information content (AvgIpc) is 2.15. The van der Waals surface area contributed by atoms with Crippen LogP contribution in [-0.4, -0.2) is 10.8 Å². The van der Waals surface area contributed by atoms with Gasteiger partial charge in [0, 0.05) is 0 Å². The zero-order valence-corrected chi connectivity index (χ0v) is 9.39. The summed E-state index contributed by atoms with van der Waals surface area (Å²) < 4.78 is 0.213. The maximum atomic E-state index is 11.0. The van der Waals surface area contributed by atoms with Crippen LogP contribution in [0.2, 0.25) is 0 Å². The normalized spacial score (nSPS) is 9.33. The maximum absolute atomic E-state index is 11.0. The lowest BCUT2D eigenvalue weighted by Gasteiger charge is -2.01. The van der Waals surface area contributed by atoms with Gasteiger partial charge in [0.1, 0.15) is 5.56 Å². The summed E-state index contributed by atoms with van der Waals surface area (Å²) in [5.74, 6) is -0.920. The first-order valence-corrected chi connectivity index (χ1v) is 4.73. The molecule has 0 aromatic heterocycles. The first-order valence-electron chi connectivity index (χ1n) is 3.65. The van der Waals surface area contributed by atoms with Crippen LogP contribution in [0.15, 0.2) is 12.1 Å². The van der Waals surface area contributed by atoms with Gasteiger partial charge in [-0.1, -0.05) is 0 Å². The first-order chi connectivity index (χ1) is 6.97. The van der Waals surface area contributed by atoms with Crippen LogP contribution in [0.5, 0.6) is 0 Å². The number of primary amides is 1. The largest absolute Gasteiger partial charge is 0.365 e. The Kier molecular flexibility index (Phi) is 3.21. The number of nitrogens with two attached hydrogens (primary N) is 1. The van der Waals surface area contributed by atoms with Crippen LogP contribution in [0.4, 0.5) is 5.69 Å². The molecule has 6 nitrogen and oxygen atoms in total. The number of nitro groups is 1. The van der Waals surface area contributed by atoms with Gasteiger partial charge in [0.05, 0.1) is 20.1 Å². The van der Waals surface area contributed by atoms with Crippen molar-refractivity contribution < 1.29 is 9.72 Å². The predicted molar refractivity (Wildman–Crippen MR) is 59.0 cm³/mol. The average molecular weight is 317 g/mol. The number of amides is 1. The Morgan fingerprint density at radius 2 is 2.20 bits per heavy atom. The van der Waals surface area contributed by atoms with Crippen LogP contribution < -0.4 is 5.73 Å². The molecule has 0 radical (unpaired) electrons. The second kappa shape index (κ2) is 4.22. The van der Waals surface area contributed by atoms with E-state index in [9.17, 15) is 14.9 Å². The summed E-state index contributed by atoms with van der Waals surface area (Å²) in [5.41, 5.74) is 4.55. The van der Waals surface area contributed by atoms with Crippen LogP contribution in [0.3, 0.4) is 0 Å². The number of benzene rings is 1. The molecule has 0 heterocycles. The summed E-state index contributed by atoms with van der Waals surface area (Å²) in [5, 5.41) is 19.3. The molecule has 0 aliphatic rings. The van der Waals surface area contributed by atoms with Gasteiger partial charge in [-0.05, 0) is 34.7 Å². The van der Waals surface area contributed by atoms with Gasteiger partial charge in [0.25, 0.3) is 11.6 Å². The topological polar surface area (TPSA) is 110 Å². The van der Waals surface area contributed by atoms with E-state index in [0.29, 0.717) is 0 Å². The molecule has 1 rings (SSSR count). The molecule has 76 valence electrons. The van der Waals surface area contributed by atoms with E-state index in [-0.39, 0.29) is 20.4 Å². The monoisotopic (exact) mass is 317 g/mol. The van der Waals surface area contributed by atoms with Gasteiger partial charge in [-0.2, -0.15) is 5.26 Å². The standard InChI is InChI=1S/C8H4IN3O3/c9-6-2-4(3-10)1-5(8(11)13)7(6)12(14)15/h1-2H,(H2,11,13). The van der Waals surface area contributed by atoms with Gasteiger partial charge >= 0.3 is 0 Å². The molecular formula is C8H4IN3O3. The number of halogens is 1. The van der Waals surface area contributed by atoms with E-state index >= 15 is 0 Å². The molecule has 0 saturated heterocycles. The zero-order valence-electron chi connectivity index (χ0n) is 7.23. The van der Waals surface area contributed by atoms with Gasteiger partial charge in [0.15, 0.2) is 0 Å². The number of hydrogen-bond donors (Lipinski definition) is 1. The van der Waals surface area contributed by atoms with Crippen molar-refractivity contribution in [2.75, 3.05) is 0 Å². The van der Waals surface area contributed by atoms with Crippen molar-refractivity contribution in [1.82, 2.24) is 0 Å². The fraction of sp³-hybridized carbons (Fsp3) is 0.